The maximum absolute atomic E-state index is 5.81. The van der Waals surface area contributed by atoms with Crippen LogP contribution in [0.2, 0.25) is 0 Å². The fourth-order valence-corrected chi connectivity index (χ4v) is 4.90. The van der Waals surface area contributed by atoms with Crippen LogP contribution in [0.15, 0.2) is 54.7 Å². The van der Waals surface area contributed by atoms with E-state index < -0.39 is 0 Å². The van der Waals surface area contributed by atoms with Gasteiger partial charge in [-0.2, -0.15) is 0 Å². The lowest BCUT2D eigenvalue weighted by Crippen LogP contribution is -2.35. The van der Waals surface area contributed by atoms with E-state index in [0.29, 0.717) is 0 Å². The standard InChI is InChI=1S/C25H31N5S/c1-17-10-6-7-12-22(17)30-18(2)16-20(19(30)3)24-23(21-11-8-9-13-26-21)27-25(31)29(24)15-14-28(4)5/h6-13,16,23-24H,14-15H2,1-5H3,(H,27,31)/t23-,24-/m0/s1. The Morgan fingerprint density at radius 3 is 2.48 bits per heavy atom. The number of aryl methyl sites for hydroxylation is 2. The predicted molar refractivity (Wildman–Crippen MR) is 131 cm³/mol. The van der Waals surface area contributed by atoms with Gasteiger partial charge in [0.2, 0.25) is 0 Å². The van der Waals surface area contributed by atoms with Crippen LogP contribution in [0.1, 0.15) is 40.3 Å². The van der Waals surface area contributed by atoms with E-state index >= 15 is 0 Å². The number of para-hydroxylation sites is 1. The highest BCUT2D eigenvalue weighted by atomic mass is 32.1. The normalized spacial score (nSPS) is 18.6. The molecule has 1 fully saturated rings. The fourth-order valence-electron chi connectivity index (χ4n) is 4.56. The molecule has 31 heavy (non-hydrogen) atoms. The van der Waals surface area contributed by atoms with Gasteiger partial charge in [-0.25, -0.2) is 0 Å². The summed E-state index contributed by atoms with van der Waals surface area (Å²) in [6.45, 7) is 8.37. The zero-order valence-corrected chi connectivity index (χ0v) is 19.8. The molecular formula is C25H31N5S. The highest BCUT2D eigenvalue weighted by Gasteiger charge is 2.41. The summed E-state index contributed by atoms with van der Waals surface area (Å²) in [7, 11) is 4.20. The second-order valence-electron chi connectivity index (χ2n) is 8.57. The Labute approximate surface area is 190 Å². The van der Waals surface area contributed by atoms with Gasteiger partial charge in [0.1, 0.15) is 0 Å². The first-order valence-corrected chi connectivity index (χ1v) is 11.2. The van der Waals surface area contributed by atoms with Crippen molar-refractivity contribution in [1.82, 2.24) is 24.7 Å². The summed E-state index contributed by atoms with van der Waals surface area (Å²) in [4.78, 5) is 9.20. The minimum Gasteiger partial charge on any atom is -0.352 e. The van der Waals surface area contributed by atoms with Gasteiger partial charge in [0.05, 0.1) is 17.8 Å². The monoisotopic (exact) mass is 433 g/mol. The molecule has 1 saturated heterocycles. The first-order chi connectivity index (χ1) is 14.9. The van der Waals surface area contributed by atoms with Gasteiger partial charge in [-0.1, -0.05) is 24.3 Å². The van der Waals surface area contributed by atoms with Crippen molar-refractivity contribution in [1.29, 1.82) is 0 Å². The smallest absolute Gasteiger partial charge is 0.170 e. The second kappa shape index (κ2) is 8.81. The Hall–Kier alpha value is -2.70. The van der Waals surface area contributed by atoms with Crippen LogP contribution in [0.5, 0.6) is 0 Å². The number of likely N-dealkylation sites (N-methyl/N-ethyl adjacent to an activating group) is 1. The van der Waals surface area contributed by atoms with Crippen molar-refractivity contribution in [3.05, 3.63) is 82.9 Å². The number of aromatic nitrogens is 2. The molecule has 0 unspecified atom stereocenters. The predicted octanol–water partition coefficient (Wildman–Crippen LogP) is 4.33. The number of hydrogen-bond acceptors (Lipinski definition) is 3. The van der Waals surface area contributed by atoms with Gasteiger partial charge in [-0.05, 0) is 82.5 Å². The molecule has 162 valence electrons. The summed E-state index contributed by atoms with van der Waals surface area (Å²) in [5.41, 5.74) is 7.28. The van der Waals surface area contributed by atoms with E-state index in [9.17, 15) is 0 Å². The van der Waals surface area contributed by atoms with Gasteiger partial charge in [0.25, 0.3) is 0 Å². The summed E-state index contributed by atoms with van der Waals surface area (Å²) in [5, 5.41) is 4.36. The first-order valence-electron chi connectivity index (χ1n) is 10.8. The molecule has 0 aliphatic carbocycles. The van der Waals surface area contributed by atoms with Gasteiger partial charge in [0, 0.05) is 36.4 Å². The molecule has 1 N–H and O–H groups in total. The molecule has 2 atom stereocenters. The second-order valence-corrected chi connectivity index (χ2v) is 8.96. The molecular weight excluding hydrogens is 402 g/mol. The van der Waals surface area contributed by atoms with E-state index in [1.165, 1.54) is 28.2 Å². The van der Waals surface area contributed by atoms with Crippen molar-refractivity contribution in [2.24, 2.45) is 0 Å². The van der Waals surface area contributed by atoms with Gasteiger partial charge < -0.3 is 19.7 Å². The molecule has 3 aromatic rings. The molecule has 2 aromatic heterocycles. The third-order valence-electron chi connectivity index (χ3n) is 6.13. The fraction of sp³-hybridized carbons (Fsp3) is 0.360. The largest absolute Gasteiger partial charge is 0.352 e. The Morgan fingerprint density at radius 2 is 1.81 bits per heavy atom. The van der Waals surface area contributed by atoms with E-state index in [2.05, 4.69) is 95.9 Å². The molecule has 3 heterocycles. The van der Waals surface area contributed by atoms with Crippen LogP contribution in [-0.2, 0) is 0 Å². The van der Waals surface area contributed by atoms with Crippen molar-refractivity contribution < 1.29 is 0 Å². The molecule has 0 spiro atoms. The van der Waals surface area contributed by atoms with Gasteiger partial charge >= 0.3 is 0 Å². The Kier molecular flexibility index (Phi) is 6.12. The van der Waals surface area contributed by atoms with Gasteiger partial charge in [-0.3, -0.25) is 4.98 Å². The lowest BCUT2D eigenvalue weighted by molar-refractivity contribution is 0.277. The number of pyridine rings is 1. The quantitative estimate of drug-likeness (QED) is 0.586. The van der Waals surface area contributed by atoms with Crippen LogP contribution in [0.3, 0.4) is 0 Å². The molecule has 5 nitrogen and oxygen atoms in total. The van der Waals surface area contributed by atoms with Crippen molar-refractivity contribution in [2.75, 3.05) is 27.2 Å². The first kappa shape index (κ1) is 21.5. The molecule has 1 aromatic carbocycles. The SMILES string of the molecule is Cc1ccccc1-n1c(C)cc([C@H]2[C@H](c3ccccn3)NC(=S)N2CCN(C)C)c1C. The molecule has 4 rings (SSSR count). The summed E-state index contributed by atoms with van der Waals surface area (Å²) in [5.74, 6) is 0. The molecule has 0 bridgehead atoms. The molecule has 0 amide bonds. The molecule has 0 saturated carbocycles. The number of benzene rings is 1. The van der Waals surface area contributed by atoms with Crippen molar-refractivity contribution in [2.45, 2.75) is 32.9 Å². The van der Waals surface area contributed by atoms with E-state index in [0.717, 1.165) is 23.9 Å². The Balaban J connectivity index is 1.82. The number of rotatable bonds is 6. The van der Waals surface area contributed by atoms with Crippen LogP contribution >= 0.6 is 12.2 Å². The van der Waals surface area contributed by atoms with Crippen molar-refractivity contribution in [3.63, 3.8) is 0 Å². The third kappa shape index (κ3) is 4.10. The summed E-state index contributed by atoms with van der Waals surface area (Å²) in [6, 6.07) is 17.1. The maximum atomic E-state index is 5.81. The lowest BCUT2D eigenvalue weighted by atomic mass is 9.96. The van der Waals surface area contributed by atoms with Crippen molar-refractivity contribution >= 4 is 17.3 Å². The lowest BCUT2D eigenvalue weighted by Gasteiger charge is -2.29. The number of nitrogens with one attached hydrogen (secondary N) is 1. The third-order valence-corrected chi connectivity index (χ3v) is 6.48. The Bertz CT molecular complexity index is 1070. The molecule has 1 aliphatic rings. The van der Waals surface area contributed by atoms with E-state index in [1.807, 2.05) is 18.3 Å². The summed E-state index contributed by atoms with van der Waals surface area (Å²) < 4.78 is 2.37. The molecule has 1 aliphatic heterocycles. The van der Waals surface area contributed by atoms with Crippen LogP contribution in [0.4, 0.5) is 0 Å². The van der Waals surface area contributed by atoms with Crippen LogP contribution in [0.25, 0.3) is 5.69 Å². The average molecular weight is 434 g/mol. The summed E-state index contributed by atoms with van der Waals surface area (Å²) >= 11 is 5.81. The highest BCUT2D eigenvalue weighted by molar-refractivity contribution is 7.80. The summed E-state index contributed by atoms with van der Waals surface area (Å²) in [6.07, 6.45) is 1.86. The number of thiocarbonyl (C=S) groups is 1. The Morgan fingerprint density at radius 1 is 1.06 bits per heavy atom. The van der Waals surface area contributed by atoms with Crippen LogP contribution in [0, 0.1) is 20.8 Å². The van der Waals surface area contributed by atoms with Crippen LogP contribution in [-0.4, -0.2) is 51.6 Å². The maximum Gasteiger partial charge on any atom is 0.170 e. The van der Waals surface area contributed by atoms with Crippen molar-refractivity contribution in [3.8, 4) is 5.69 Å². The minimum absolute atomic E-state index is 0.0154. The highest BCUT2D eigenvalue weighted by Crippen LogP contribution is 2.41. The van der Waals surface area contributed by atoms with E-state index in [-0.39, 0.29) is 12.1 Å². The number of nitrogens with zero attached hydrogens (tertiary/aromatic N) is 4. The molecule has 6 heteroatoms. The van der Waals surface area contributed by atoms with Gasteiger partial charge in [0.15, 0.2) is 5.11 Å². The zero-order valence-electron chi connectivity index (χ0n) is 19.0. The topological polar surface area (TPSA) is 36.3 Å². The number of hydrogen-bond donors (Lipinski definition) is 1. The van der Waals surface area contributed by atoms with E-state index in [4.69, 9.17) is 12.2 Å². The average Bonchev–Trinajstić information content (AvgIpc) is 3.23. The van der Waals surface area contributed by atoms with E-state index in [1.54, 1.807) is 0 Å². The molecule has 0 radical (unpaired) electrons. The minimum atomic E-state index is 0.0154. The van der Waals surface area contributed by atoms with Gasteiger partial charge in [-0.15, -0.1) is 0 Å². The van der Waals surface area contributed by atoms with Crippen LogP contribution < -0.4 is 5.32 Å². The zero-order chi connectivity index (χ0) is 22.1.